The van der Waals surface area contributed by atoms with E-state index < -0.39 is 0 Å². The predicted molar refractivity (Wildman–Crippen MR) is 72.6 cm³/mol. The summed E-state index contributed by atoms with van der Waals surface area (Å²) in [6.45, 7) is 0.857. The van der Waals surface area contributed by atoms with E-state index in [0.717, 1.165) is 17.6 Å². The van der Waals surface area contributed by atoms with E-state index in [9.17, 15) is 4.79 Å². The molecule has 2 aromatic rings. The normalized spacial score (nSPS) is 20.8. The molecular formula is C13H16N2OS. The summed E-state index contributed by atoms with van der Waals surface area (Å²) in [6, 6.07) is 7.92. The highest BCUT2D eigenvalue weighted by molar-refractivity contribution is 7.99. The number of hydrogen-bond donors (Lipinski definition) is 1. The number of aromatic nitrogens is 2. The molecular weight excluding hydrogens is 232 g/mol. The van der Waals surface area contributed by atoms with Crippen LogP contribution in [-0.2, 0) is 6.54 Å². The summed E-state index contributed by atoms with van der Waals surface area (Å²) >= 11 is 2.01. The molecule has 90 valence electrons. The number of benzene rings is 1. The summed E-state index contributed by atoms with van der Waals surface area (Å²) < 4.78 is 1.89. The molecule has 1 fully saturated rings. The van der Waals surface area contributed by atoms with Crippen LogP contribution in [0.5, 0.6) is 0 Å². The van der Waals surface area contributed by atoms with Crippen LogP contribution in [0, 0.1) is 5.92 Å². The lowest BCUT2D eigenvalue weighted by molar-refractivity contribution is 0.446. The predicted octanol–water partition coefficient (Wildman–Crippen LogP) is 2.47. The quantitative estimate of drug-likeness (QED) is 0.886. The average molecular weight is 248 g/mol. The average Bonchev–Trinajstić information content (AvgIpc) is 2.68. The number of rotatable bonds is 2. The SMILES string of the molecule is O=c1[nH]c2ccccc2n1CC1CCCSC1. The molecule has 1 saturated heterocycles. The third kappa shape index (κ3) is 2.14. The van der Waals surface area contributed by atoms with Crippen molar-refractivity contribution in [3.05, 3.63) is 34.7 Å². The second-order valence-corrected chi connectivity index (χ2v) is 5.79. The van der Waals surface area contributed by atoms with Crippen LogP contribution in [-0.4, -0.2) is 21.1 Å². The van der Waals surface area contributed by atoms with Crippen LogP contribution in [0.3, 0.4) is 0 Å². The van der Waals surface area contributed by atoms with E-state index in [1.807, 2.05) is 40.6 Å². The molecule has 0 aliphatic carbocycles. The number of nitrogens with zero attached hydrogens (tertiary/aromatic N) is 1. The summed E-state index contributed by atoms with van der Waals surface area (Å²) in [7, 11) is 0. The maximum absolute atomic E-state index is 11.9. The fraction of sp³-hybridized carbons (Fsp3) is 0.462. The second-order valence-electron chi connectivity index (χ2n) is 4.64. The largest absolute Gasteiger partial charge is 0.326 e. The van der Waals surface area contributed by atoms with Gasteiger partial charge in [0.2, 0.25) is 0 Å². The van der Waals surface area contributed by atoms with E-state index in [1.54, 1.807) is 0 Å². The number of H-pyrrole nitrogens is 1. The summed E-state index contributed by atoms with van der Waals surface area (Å²) in [5.74, 6) is 3.11. The van der Waals surface area contributed by atoms with Gasteiger partial charge in [-0.1, -0.05) is 12.1 Å². The Kier molecular flexibility index (Phi) is 2.97. The van der Waals surface area contributed by atoms with Crippen LogP contribution in [0.2, 0.25) is 0 Å². The van der Waals surface area contributed by atoms with Crippen molar-refractivity contribution in [2.75, 3.05) is 11.5 Å². The van der Waals surface area contributed by atoms with E-state index in [-0.39, 0.29) is 5.69 Å². The van der Waals surface area contributed by atoms with Crippen molar-refractivity contribution >= 4 is 22.8 Å². The summed E-state index contributed by atoms with van der Waals surface area (Å²) in [4.78, 5) is 14.8. The zero-order valence-corrected chi connectivity index (χ0v) is 10.5. The fourth-order valence-electron chi connectivity index (χ4n) is 2.50. The van der Waals surface area contributed by atoms with Gasteiger partial charge in [0.15, 0.2) is 0 Å². The third-order valence-corrected chi connectivity index (χ3v) is 4.66. The van der Waals surface area contributed by atoms with Gasteiger partial charge in [0.05, 0.1) is 11.0 Å². The first-order chi connectivity index (χ1) is 8.34. The Bertz CT molecular complexity index is 566. The number of fused-ring (bicyclic) bond motifs is 1. The first-order valence-electron chi connectivity index (χ1n) is 6.10. The molecule has 3 rings (SSSR count). The second kappa shape index (κ2) is 4.61. The van der Waals surface area contributed by atoms with Gasteiger partial charge < -0.3 is 4.98 Å². The molecule has 0 bridgehead atoms. The van der Waals surface area contributed by atoms with Gasteiger partial charge in [0.1, 0.15) is 0 Å². The van der Waals surface area contributed by atoms with Crippen LogP contribution < -0.4 is 5.69 Å². The molecule has 0 saturated carbocycles. The van der Waals surface area contributed by atoms with E-state index in [0.29, 0.717) is 5.92 Å². The minimum Gasteiger partial charge on any atom is -0.306 e. The Balaban J connectivity index is 1.93. The highest BCUT2D eigenvalue weighted by atomic mass is 32.2. The smallest absolute Gasteiger partial charge is 0.306 e. The van der Waals surface area contributed by atoms with E-state index in [2.05, 4.69) is 4.98 Å². The molecule has 1 aromatic heterocycles. The lowest BCUT2D eigenvalue weighted by Crippen LogP contribution is -2.24. The van der Waals surface area contributed by atoms with E-state index in [1.165, 1.54) is 24.3 Å². The molecule has 1 N–H and O–H groups in total. The number of para-hydroxylation sites is 2. The highest BCUT2D eigenvalue weighted by Gasteiger charge is 2.16. The first-order valence-corrected chi connectivity index (χ1v) is 7.25. The van der Waals surface area contributed by atoms with Gasteiger partial charge in [-0.05, 0) is 42.4 Å². The standard InChI is InChI=1S/C13H16N2OS/c16-13-14-11-5-1-2-6-12(11)15(13)8-10-4-3-7-17-9-10/h1-2,5-6,10H,3-4,7-9H2,(H,14,16). The van der Waals surface area contributed by atoms with Gasteiger partial charge in [-0.25, -0.2) is 4.79 Å². The van der Waals surface area contributed by atoms with Gasteiger partial charge in [-0.3, -0.25) is 4.57 Å². The Morgan fingerprint density at radius 1 is 1.41 bits per heavy atom. The van der Waals surface area contributed by atoms with Crippen LogP contribution in [0.4, 0.5) is 0 Å². The van der Waals surface area contributed by atoms with Gasteiger partial charge in [-0.15, -0.1) is 0 Å². The Morgan fingerprint density at radius 3 is 3.12 bits per heavy atom. The summed E-state index contributed by atoms with van der Waals surface area (Å²) in [5.41, 5.74) is 2.01. The molecule has 17 heavy (non-hydrogen) atoms. The molecule has 3 nitrogen and oxygen atoms in total. The highest BCUT2D eigenvalue weighted by Crippen LogP contribution is 2.24. The zero-order valence-electron chi connectivity index (χ0n) is 9.69. The van der Waals surface area contributed by atoms with Crippen molar-refractivity contribution in [2.45, 2.75) is 19.4 Å². The van der Waals surface area contributed by atoms with Gasteiger partial charge >= 0.3 is 5.69 Å². The monoisotopic (exact) mass is 248 g/mol. The first kappa shape index (κ1) is 11.0. The number of thioether (sulfide) groups is 1. The summed E-state index contributed by atoms with van der Waals surface area (Å²) in [6.07, 6.45) is 2.53. The molecule has 0 spiro atoms. The number of nitrogens with one attached hydrogen (secondary N) is 1. The minimum absolute atomic E-state index is 0.0294. The lowest BCUT2D eigenvalue weighted by atomic mass is 10.1. The van der Waals surface area contributed by atoms with Gasteiger partial charge in [-0.2, -0.15) is 11.8 Å². The van der Waals surface area contributed by atoms with Gasteiger partial charge in [0, 0.05) is 6.54 Å². The Morgan fingerprint density at radius 2 is 2.29 bits per heavy atom. The van der Waals surface area contributed by atoms with Crippen molar-refractivity contribution in [3.8, 4) is 0 Å². The van der Waals surface area contributed by atoms with Crippen molar-refractivity contribution in [2.24, 2.45) is 5.92 Å². The van der Waals surface area contributed by atoms with Crippen molar-refractivity contribution < 1.29 is 0 Å². The number of aromatic amines is 1. The van der Waals surface area contributed by atoms with Crippen molar-refractivity contribution in [1.82, 2.24) is 9.55 Å². The third-order valence-electron chi connectivity index (χ3n) is 3.38. The van der Waals surface area contributed by atoms with Crippen molar-refractivity contribution in [1.29, 1.82) is 0 Å². The molecule has 1 unspecified atom stereocenters. The van der Waals surface area contributed by atoms with Crippen LogP contribution >= 0.6 is 11.8 Å². The number of hydrogen-bond acceptors (Lipinski definition) is 2. The Labute approximate surface area is 104 Å². The van der Waals surface area contributed by atoms with Gasteiger partial charge in [0.25, 0.3) is 0 Å². The summed E-state index contributed by atoms with van der Waals surface area (Å²) in [5, 5.41) is 0. The maximum Gasteiger partial charge on any atom is 0.326 e. The molecule has 2 heterocycles. The molecule has 0 radical (unpaired) electrons. The molecule has 1 atom stereocenters. The number of imidazole rings is 1. The topological polar surface area (TPSA) is 37.8 Å². The van der Waals surface area contributed by atoms with Crippen LogP contribution in [0.15, 0.2) is 29.1 Å². The van der Waals surface area contributed by atoms with Crippen LogP contribution in [0.25, 0.3) is 11.0 Å². The Hall–Kier alpha value is -1.16. The maximum atomic E-state index is 11.9. The lowest BCUT2D eigenvalue weighted by Gasteiger charge is -2.21. The zero-order chi connectivity index (χ0) is 11.7. The minimum atomic E-state index is 0.0294. The van der Waals surface area contributed by atoms with Crippen molar-refractivity contribution in [3.63, 3.8) is 0 Å². The molecule has 0 amide bonds. The van der Waals surface area contributed by atoms with Crippen LogP contribution in [0.1, 0.15) is 12.8 Å². The molecule has 1 aliphatic heterocycles. The van der Waals surface area contributed by atoms with E-state index in [4.69, 9.17) is 0 Å². The fourth-order valence-corrected chi connectivity index (χ4v) is 3.64. The molecule has 4 heteroatoms. The molecule has 1 aromatic carbocycles. The van der Waals surface area contributed by atoms with E-state index >= 15 is 0 Å². The molecule has 1 aliphatic rings.